The lowest BCUT2D eigenvalue weighted by molar-refractivity contribution is -0.117. The number of amides is 1. The SMILES string of the molecule is COc1ccc2c(CC(=O)N(C)c3ccc4ccccc4c3)coc2c1. The van der Waals surface area contributed by atoms with Crippen LogP contribution in [0.15, 0.2) is 71.3 Å². The summed E-state index contributed by atoms with van der Waals surface area (Å²) < 4.78 is 10.8. The first-order valence-electron chi connectivity index (χ1n) is 8.45. The summed E-state index contributed by atoms with van der Waals surface area (Å²) in [5.41, 5.74) is 2.48. The zero-order valence-electron chi connectivity index (χ0n) is 14.7. The maximum atomic E-state index is 12.8. The number of furan rings is 1. The van der Waals surface area contributed by atoms with E-state index in [4.69, 9.17) is 9.15 Å². The second kappa shape index (κ2) is 6.56. The van der Waals surface area contributed by atoms with Crippen LogP contribution in [-0.2, 0) is 11.2 Å². The third-order valence-corrected chi connectivity index (χ3v) is 4.70. The third kappa shape index (κ3) is 2.90. The lowest BCUT2D eigenvalue weighted by Gasteiger charge is -2.17. The number of nitrogens with zero attached hydrogens (tertiary/aromatic N) is 1. The molecule has 3 aromatic carbocycles. The van der Waals surface area contributed by atoms with Crippen molar-refractivity contribution in [2.24, 2.45) is 0 Å². The highest BCUT2D eigenvalue weighted by Crippen LogP contribution is 2.27. The number of fused-ring (bicyclic) bond motifs is 2. The molecule has 4 nitrogen and oxygen atoms in total. The van der Waals surface area contributed by atoms with E-state index in [1.54, 1.807) is 25.3 Å². The van der Waals surface area contributed by atoms with Crippen molar-refractivity contribution >= 4 is 33.3 Å². The molecule has 0 aliphatic carbocycles. The highest BCUT2D eigenvalue weighted by molar-refractivity contribution is 5.98. The monoisotopic (exact) mass is 345 g/mol. The Balaban J connectivity index is 1.58. The molecule has 0 N–H and O–H groups in total. The molecule has 4 aromatic rings. The van der Waals surface area contributed by atoms with Gasteiger partial charge in [-0.15, -0.1) is 0 Å². The average Bonchev–Trinajstić information content (AvgIpc) is 3.08. The van der Waals surface area contributed by atoms with Crippen molar-refractivity contribution in [1.29, 1.82) is 0 Å². The number of rotatable bonds is 4. The summed E-state index contributed by atoms with van der Waals surface area (Å²) in [6, 6.07) is 19.8. The second-order valence-corrected chi connectivity index (χ2v) is 6.28. The number of ether oxygens (including phenoxy) is 1. The maximum absolute atomic E-state index is 12.8. The predicted octanol–water partition coefficient (Wildman–Crippen LogP) is 4.80. The molecule has 130 valence electrons. The largest absolute Gasteiger partial charge is 0.497 e. The molecule has 4 rings (SSSR count). The Hall–Kier alpha value is -3.27. The number of anilines is 1. The molecule has 1 amide bonds. The number of benzene rings is 3. The number of hydrogen-bond acceptors (Lipinski definition) is 3. The van der Waals surface area contributed by atoms with Gasteiger partial charge in [-0.05, 0) is 35.0 Å². The van der Waals surface area contributed by atoms with Crippen molar-refractivity contribution < 1.29 is 13.9 Å². The first kappa shape index (κ1) is 16.2. The standard InChI is InChI=1S/C22H19NO3/c1-23(18-8-7-15-5-3-4-6-16(15)11-18)22(24)12-17-14-26-21-13-19(25-2)9-10-20(17)21/h3-11,13-14H,12H2,1-2H3. The van der Waals surface area contributed by atoms with E-state index in [-0.39, 0.29) is 12.3 Å². The average molecular weight is 345 g/mol. The Labute approximate surface area is 151 Å². The normalized spacial score (nSPS) is 11.0. The summed E-state index contributed by atoms with van der Waals surface area (Å²) in [6.45, 7) is 0. The minimum absolute atomic E-state index is 0.0128. The molecule has 26 heavy (non-hydrogen) atoms. The van der Waals surface area contributed by atoms with Crippen LogP contribution < -0.4 is 9.64 Å². The zero-order chi connectivity index (χ0) is 18.1. The van der Waals surface area contributed by atoms with Gasteiger partial charge in [0.25, 0.3) is 0 Å². The van der Waals surface area contributed by atoms with Crippen LogP contribution in [0.1, 0.15) is 5.56 Å². The fourth-order valence-electron chi connectivity index (χ4n) is 3.14. The van der Waals surface area contributed by atoms with Crippen molar-refractivity contribution in [3.8, 4) is 5.75 Å². The number of carbonyl (C=O) groups excluding carboxylic acids is 1. The smallest absolute Gasteiger partial charge is 0.231 e. The van der Waals surface area contributed by atoms with Gasteiger partial charge in [0, 0.05) is 29.8 Å². The van der Waals surface area contributed by atoms with Crippen molar-refractivity contribution in [1.82, 2.24) is 0 Å². The van der Waals surface area contributed by atoms with Crippen molar-refractivity contribution in [3.05, 3.63) is 72.5 Å². The van der Waals surface area contributed by atoms with Crippen molar-refractivity contribution in [2.45, 2.75) is 6.42 Å². The molecular formula is C22H19NO3. The van der Waals surface area contributed by atoms with Gasteiger partial charge in [0.15, 0.2) is 0 Å². The minimum atomic E-state index is 0.0128. The van der Waals surface area contributed by atoms with Gasteiger partial charge in [-0.3, -0.25) is 4.79 Å². The van der Waals surface area contributed by atoms with Crippen molar-refractivity contribution in [2.75, 3.05) is 19.1 Å². The molecule has 1 heterocycles. The quantitative estimate of drug-likeness (QED) is 0.533. The molecule has 0 aliphatic heterocycles. The lowest BCUT2D eigenvalue weighted by Crippen LogP contribution is -2.27. The molecule has 0 saturated heterocycles. The number of likely N-dealkylation sites (N-methyl/N-ethyl adjacent to an activating group) is 1. The maximum Gasteiger partial charge on any atom is 0.231 e. The van der Waals surface area contributed by atoms with E-state index in [9.17, 15) is 4.79 Å². The van der Waals surface area contributed by atoms with Gasteiger partial charge < -0.3 is 14.1 Å². The van der Waals surface area contributed by atoms with Crippen LogP contribution >= 0.6 is 0 Å². The summed E-state index contributed by atoms with van der Waals surface area (Å²) in [5, 5.41) is 3.21. The highest BCUT2D eigenvalue weighted by Gasteiger charge is 2.16. The Morgan fingerprint density at radius 3 is 2.65 bits per heavy atom. The number of carbonyl (C=O) groups is 1. The first-order chi connectivity index (χ1) is 12.7. The van der Waals surface area contributed by atoms with Gasteiger partial charge >= 0.3 is 0 Å². The predicted molar refractivity (Wildman–Crippen MR) is 104 cm³/mol. The van der Waals surface area contributed by atoms with E-state index in [1.165, 1.54) is 0 Å². The fraction of sp³-hybridized carbons (Fsp3) is 0.136. The van der Waals surface area contributed by atoms with Gasteiger partial charge in [0.1, 0.15) is 11.3 Å². The molecule has 0 radical (unpaired) electrons. The van der Waals surface area contributed by atoms with Gasteiger partial charge in [0.05, 0.1) is 19.8 Å². The summed E-state index contributed by atoms with van der Waals surface area (Å²) >= 11 is 0. The van der Waals surface area contributed by atoms with Crippen LogP contribution in [0.4, 0.5) is 5.69 Å². The minimum Gasteiger partial charge on any atom is -0.497 e. The fourth-order valence-corrected chi connectivity index (χ4v) is 3.14. The van der Waals surface area contributed by atoms with Gasteiger partial charge in [0.2, 0.25) is 5.91 Å². The first-order valence-corrected chi connectivity index (χ1v) is 8.45. The molecule has 0 atom stereocenters. The summed E-state index contributed by atoms with van der Waals surface area (Å²) in [7, 11) is 3.42. The number of methoxy groups -OCH3 is 1. The van der Waals surface area contributed by atoms with Crippen LogP contribution in [0.5, 0.6) is 5.75 Å². The van der Waals surface area contributed by atoms with E-state index in [0.29, 0.717) is 0 Å². The van der Waals surface area contributed by atoms with E-state index in [0.717, 1.165) is 38.7 Å². The zero-order valence-corrected chi connectivity index (χ0v) is 14.7. The molecule has 0 aliphatic rings. The van der Waals surface area contributed by atoms with Crippen LogP contribution in [-0.4, -0.2) is 20.1 Å². The van der Waals surface area contributed by atoms with Crippen LogP contribution in [0.3, 0.4) is 0 Å². The molecule has 0 bridgehead atoms. The third-order valence-electron chi connectivity index (χ3n) is 4.70. The van der Waals surface area contributed by atoms with E-state index < -0.39 is 0 Å². The molecule has 0 fully saturated rings. The van der Waals surface area contributed by atoms with E-state index in [2.05, 4.69) is 6.07 Å². The van der Waals surface area contributed by atoms with Gasteiger partial charge in [-0.2, -0.15) is 0 Å². The Kier molecular flexibility index (Phi) is 4.09. The molecule has 1 aromatic heterocycles. The summed E-state index contributed by atoms with van der Waals surface area (Å²) in [6.07, 6.45) is 1.93. The number of hydrogen-bond donors (Lipinski definition) is 0. The lowest BCUT2D eigenvalue weighted by atomic mass is 10.1. The van der Waals surface area contributed by atoms with Gasteiger partial charge in [-0.25, -0.2) is 0 Å². The Morgan fingerprint density at radius 1 is 1.04 bits per heavy atom. The topological polar surface area (TPSA) is 42.7 Å². The van der Waals surface area contributed by atoms with E-state index in [1.807, 2.05) is 54.6 Å². The molecule has 0 saturated carbocycles. The highest BCUT2D eigenvalue weighted by atomic mass is 16.5. The summed E-state index contributed by atoms with van der Waals surface area (Å²) in [4.78, 5) is 14.5. The Morgan fingerprint density at radius 2 is 1.85 bits per heavy atom. The molecule has 0 spiro atoms. The van der Waals surface area contributed by atoms with Crippen LogP contribution in [0.2, 0.25) is 0 Å². The van der Waals surface area contributed by atoms with Gasteiger partial charge in [-0.1, -0.05) is 30.3 Å². The molecule has 0 unspecified atom stereocenters. The molecule has 4 heteroatoms. The second-order valence-electron chi connectivity index (χ2n) is 6.28. The Bertz CT molecular complexity index is 1100. The summed E-state index contributed by atoms with van der Waals surface area (Å²) in [5.74, 6) is 0.747. The molecular weight excluding hydrogens is 326 g/mol. The van der Waals surface area contributed by atoms with Crippen LogP contribution in [0.25, 0.3) is 21.7 Å². The van der Waals surface area contributed by atoms with Crippen molar-refractivity contribution in [3.63, 3.8) is 0 Å². The van der Waals surface area contributed by atoms with Crippen LogP contribution in [0, 0.1) is 0 Å². The van der Waals surface area contributed by atoms with E-state index >= 15 is 0 Å².